The van der Waals surface area contributed by atoms with E-state index in [1.54, 1.807) is 19.4 Å². The SMILES string of the molecule is Cc1nc2c(cc1-c1nnn(C)n1)CCC1(CCN(C(=O)[C@H](C)c3ccncc3OCCl)C1)N2. The van der Waals surface area contributed by atoms with Crippen LogP contribution in [0.5, 0.6) is 5.75 Å². The lowest BCUT2D eigenvalue weighted by molar-refractivity contribution is -0.131. The van der Waals surface area contributed by atoms with Crippen LogP contribution in [0.1, 0.15) is 42.5 Å². The van der Waals surface area contributed by atoms with Gasteiger partial charge in [-0.2, -0.15) is 4.80 Å². The summed E-state index contributed by atoms with van der Waals surface area (Å²) in [5.41, 5.74) is 3.50. The number of carbonyl (C=O) groups is 1. The van der Waals surface area contributed by atoms with E-state index in [1.807, 2.05) is 24.8 Å². The van der Waals surface area contributed by atoms with Crippen molar-refractivity contribution in [1.29, 1.82) is 0 Å². The maximum atomic E-state index is 13.4. The Bertz CT molecular complexity index is 1230. The molecular formula is C23H27ClN8O2. The summed E-state index contributed by atoms with van der Waals surface area (Å²) in [4.78, 5) is 25.7. The number of nitrogens with zero attached hydrogens (tertiary/aromatic N) is 7. The van der Waals surface area contributed by atoms with Crippen LogP contribution < -0.4 is 10.1 Å². The summed E-state index contributed by atoms with van der Waals surface area (Å²) in [6.45, 7) is 5.19. The van der Waals surface area contributed by atoms with Crippen LogP contribution in [0, 0.1) is 6.92 Å². The molecule has 11 heteroatoms. The van der Waals surface area contributed by atoms with E-state index in [2.05, 4.69) is 31.8 Å². The molecule has 1 unspecified atom stereocenters. The summed E-state index contributed by atoms with van der Waals surface area (Å²) >= 11 is 5.74. The van der Waals surface area contributed by atoms with Crippen molar-refractivity contribution in [2.24, 2.45) is 7.05 Å². The van der Waals surface area contributed by atoms with Crippen LogP contribution in [-0.4, -0.2) is 65.7 Å². The molecule has 5 rings (SSSR count). The molecule has 0 saturated carbocycles. The van der Waals surface area contributed by atoms with Crippen LogP contribution in [0.15, 0.2) is 24.5 Å². The molecule has 0 bridgehead atoms. The summed E-state index contributed by atoms with van der Waals surface area (Å²) in [6, 6.07) is 3.94. The van der Waals surface area contributed by atoms with Crippen LogP contribution >= 0.6 is 11.6 Å². The minimum Gasteiger partial charge on any atom is -0.476 e. The molecule has 1 N–H and O–H groups in total. The topological polar surface area (TPSA) is 111 Å². The van der Waals surface area contributed by atoms with Crippen molar-refractivity contribution in [2.75, 3.05) is 24.5 Å². The number of aromatic nitrogens is 6. The quantitative estimate of drug-likeness (QED) is 0.552. The maximum Gasteiger partial charge on any atom is 0.230 e. The fourth-order valence-electron chi connectivity index (χ4n) is 4.95. The zero-order valence-corrected chi connectivity index (χ0v) is 20.2. The van der Waals surface area contributed by atoms with Gasteiger partial charge in [0.15, 0.2) is 6.07 Å². The first-order valence-corrected chi connectivity index (χ1v) is 11.9. The molecular weight excluding hydrogens is 456 g/mol. The number of pyridine rings is 2. The van der Waals surface area contributed by atoms with Crippen LogP contribution in [0.3, 0.4) is 0 Å². The predicted molar refractivity (Wildman–Crippen MR) is 127 cm³/mol. The van der Waals surface area contributed by atoms with Gasteiger partial charge in [0.2, 0.25) is 11.7 Å². The van der Waals surface area contributed by atoms with Gasteiger partial charge in [-0.15, -0.1) is 10.2 Å². The first kappa shape index (κ1) is 22.5. The van der Waals surface area contributed by atoms with Crippen LogP contribution in [0.2, 0.25) is 0 Å². The molecule has 2 atom stereocenters. The first-order chi connectivity index (χ1) is 16.4. The highest BCUT2D eigenvalue weighted by Crippen LogP contribution is 2.39. The number of ether oxygens (including phenoxy) is 1. The van der Waals surface area contributed by atoms with Crippen molar-refractivity contribution in [3.8, 4) is 17.1 Å². The molecule has 1 spiro atoms. The molecule has 3 aromatic rings. The summed E-state index contributed by atoms with van der Waals surface area (Å²) in [7, 11) is 1.75. The number of tetrazole rings is 1. The van der Waals surface area contributed by atoms with E-state index in [0.717, 1.165) is 47.5 Å². The Morgan fingerprint density at radius 2 is 2.24 bits per heavy atom. The number of rotatable bonds is 5. The van der Waals surface area contributed by atoms with Gasteiger partial charge in [0.1, 0.15) is 11.6 Å². The first-order valence-electron chi connectivity index (χ1n) is 11.3. The molecule has 1 saturated heterocycles. The highest BCUT2D eigenvalue weighted by Gasteiger charge is 2.43. The Morgan fingerprint density at radius 1 is 1.38 bits per heavy atom. The summed E-state index contributed by atoms with van der Waals surface area (Å²) in [5, 5.41) is 16.1. The van der Waals surface area contributed by atoms with Gasteiger partial charge in [0, 0.05) is 30.4 Å². The Morgan fingerprint density at radius 3 is 3.00 bits per heavy atom. The van der Waals surface area contributed by atoms with Crippen molar-refractivity contribution in [2.45, 2.75) is 44.6 Å². The molecule has 2 aliphatic heterocycles. The Labute approximate surface area is 202 Å². The molecule has 3 aromatic heterocycles. The normalized spacial score (nSPS) is 20.2. The molecule has 5 heterocycles. The largest absolute Gasteiger partial charge is 0.476 e. The molecule has 1 amide bonds. The minimum atomic E-state index is -0.352. The molecule has 10 nitrogen and oxygen atoms in total. The Kier molecular flexibility index (Phi) is 5.85. The number of anilines is 1. The molecule has 2 aliphatic rings. The number of amides is 1. The maximum absolute atomic E-state index is 13.4. The molecule has 178 valence electrons. The van der Waals surface area contributed by atoms with Gasteiger partial charge < -0.3 is 15.0 Å². The number of hydrogen-bond acceptors (Lipinski definition) is 8. The van der Waals surface area contributed by atoms with Crippen molar-refractivity contribution in [1.82, 2.24) is 35.1 Å². The fourth-order valence-corrected chi connectivity index (χ4v) is 5.07. The summed E-state index contributed by atoms with van der Waals surface area (Å²) in [5.74, 6) is 1.73. The molecule has 1 fully saturated rings. The van der Waals surface area contributed by atoms with Crippen molar-refractivity contribution < 1.29 is 9.53 Å². The third kappa shape index (κ3) is 4.06. The third-order valence-electron chi connectivity index (χ3n) is 6.83. The molecule has 34 heavy (non-hydrogen) atoms. The van der Waals surface area contributed by atoms with E-state index in [4.69, 9.17) is 21.3 Å². The van der Waals surface area contributed by atoms with Gasteiger partial charge >= 0.3 is 0 Å². The molecule has 0 radical (unpaired) electrons. The third-order valence-corrected chi connectivity index (χ3v) is 6.94. The van der Waals surface area contributed by atoms with Gasteiger partial charge in [0.05, 0.1) is 30.4 Å². The zero-order chi connectivity index (χ0) is 23.9. The number of likely N-dealkylation sites (tertiary alicyclic amines) is 1. The van der Waals surface area contributed by atoms with Gasteiger partial charge in [-0.05, 0) is 56.0 Å². The second-order valence-corrected chi connectivity index (χ2v) is 9.25. The number of nitrogens with one attached hydrogen (secondary N) is 1. The highest BCUT2D eigenvalue weighted by atomic mass is 35.5. The lowest BCUT2D eigenvalue weighted by Crippen LogP contribution is -2.46. The smallest absolute Gasteiger partial charge is 0.230 e. The Hall–Kier alpha value is -3.27. The van der Waals surface area contributed by atoms with E-state index in [1.165, 1.54) is 4.80 Å². The number of carbonyl (C=O) groups excluding carboxylic acids is 1. The molecule has 0 aliphatic carbocycles. The second kappa shape index (κ2) is 8.83. The predicted octanol–water partition coefficient (Wildman–Crippen LogP) is 2.68. The van der Waals surface area contributed by atoms with E-state index in [9.17, 15) is 4.79 Å². The molecule has 0 aromatic carbocycles. The lowest BCUT2D eigenvalue weighted by atomic mass is 9.86. The highest BCUT2D eigenvalue weighted by molar-refractivity contribution is 6.17. The van der Waals surface area contributed by atoms with Crippen LogP contribution in [-0.2, 0) is 18.3 Å². The number of alkyl halides is 1. The van der Waals surface area contributed by atoms with Gasteiger partial charge in [0.25, 0.3) is 0 Å². The minimum absolute atomic E-state index is 0.0107. The van der Waals surface area contributed by atoms with Crippen molar-refractivity contribution in [3.05, 3.63) is 41.3 Å². The van der Waals surface area contributed by atoms with E-state index < -0.39 is 0 Å². The Balaban J connectivity index is 1.32. The van der Waals surface area contributed by atoms with Crippen LogP contribution in [0.25, 0.3) is 11.4 Å². The van der Waals surface area contributed by atoms with Gasteiger partial charge in [-0.25, -0.2) is 4.98 Å². The average Bonchev–Trinajstić information content (AvgIpc) is 3.45. The van der Waals surface area contributed by atoms with Gasteiger partial charge in [-0.3, -0.25) is 9.78 Å². The van der Waals surface area contributed by atoms with E-state index in [-0.39, 0.29) is 23.4 Å². The fraction of sp³-hybridized carbons (Fsp3) is 0.478. The summed E-state index contributed by atoms with van der Waals surface area (Å²) in [6.07, 6.45) is 5.95. The number of aryl methyl sites for hydroxylation is 3. The van der Waals surface area contributed by atoms with Crippen molar-refractivity contribution in [3.63, 3.8) is 0 Å². The average molecular weight is 483 g/mol. The van der Waals surface area contributed by atoms with E-state index >= 15 is 0 Å². The monoisotopic (exact) mass is 482 g/mol. The second-order valence-electron chi connectivity index (χ2n) is 9.04. The lowest BCUT2D eigenvalue weighted by Gasteiger charge is -2.36. The number of fused-ring (bicyclic) bond motifs is 1. The zero-order valence-electron chi connectivity index (χ0n) is 19.5. The summed E-state index contributed by atoms with van der Waals surface area (Å²) < 4.78 is 5.47. The number of halogens is 1. The van der Waals surface area contributed by atoms with Gasteiger partial charge in [-0.1, -0.05) is 11.6 Å². The standard InChI is InChI=1S/C23H27ClN8O2/c1-14(17-5-8-25-11-19(17)34-13-24)22(33)32-9-7-23(12-32)6-4-16-10-18(15(2)26-20(16)27-23)21-28-30-31(3)29-21/h5,8,10-11,14H,4,6-7,9,12-13H2,1-3H3,(H,26,27)/t14-,23?/m1/s1. The van der Waals surface area contributed by atoms with E-state index in [0.29, 0.717) is 24.7 Å². The van der Waals surface area contributed by atoms with Crippen molar-refractivity contribution >= 4 is 23.3 Å². The number of hydrogen-bond donors (Lipinski definition) is 1. The van der Waals surface area contributed by atoms with Crippen LogP contribution in [0.4, 0.5) is 5.82 Å².